The van der Waals surface area contributed by atoms with E-state index in [4.69, 9.17) is 9.47 Å². The zero-order valence-corrected chi connectivity index (χ0v) is 13.2. The molecule has 23 heavy (non-hydrogen) atoms. The molecule has 4 rings (SSSR count). The first-order chi connectivity index (χ1) is 11.2. The Morgan fingerprint density at radius 3 is 2.87 bits per heavy atom. The average molecular weight is 315 g/mol. The first-order valence-electron chi connectivity index (χ1n) is 8.22. The van der Waals surface area contributed by atoms with Gasteiger partial charge in [-0.25, -0.2) is 0 Å². The number of nitrogens with zero attached hydrogens (tertiary/aromatic N) is 3. The lowest BCUT2D eigenvalue weighted by atomic mass is 9.92. The van der Waals surface area contributed by atoms with Crippen molar-refractivity contribution in [2.45, 2.75) is 25.4 Å². The fourth-order valence-corrected chi connectivity index (χ4v) is 3.98. The summed E-state index contributed by atoms with van der Waals surface area (Å²) in [5, 5.41) is 0. The lowest BCUT2D eigenvalue weighted by molar-refractivity contribution is -0.135. The van der Waals surface area contributed by atoms with Crippen molar-refractivity contribution in [2.75, 3.05) is 20.2 Å². The lowest BCUT2D eigenvalue weighted by Gasteiger charge is -2.24. The number of hydrogen-bond acceptors (Lipinski definition) is 5. The van der Waals surface area contributed by atoms with Gasteiger partial charge >= 0.3 is 0 Å². The summed E-state index contributed by atoms with van der Waals surface area (Å²) >= 11 is 0. The second-order valence-corrected chi connectivity index (χ2v) is 6.60. The van der Waals surface area contributed by atoms with Crippen molar-refractivity contribution in [1.29, 1.82) is 0 Å². The van der Waals surface area contributed by atoms with Crippen molar-refractivity contribution < 1.29 is 14.3 Å². The van der Waals surface area contributed by atoms with Crippen LogP contribution in [0.1, 0.15) is 19.3 Å². The first kappa shape index (κ1) is 14.5. The van der Waals surface area contributed by atoms with Crippen molar-refractivity contribution in [2.24, 2.45) is 17.8 Å². The van der Waals surface area contributed by atoms with Gasteiger partial charge in [-0.1, -0.05) is 12.2 Å². The molecule has 2 aliphatic carbocycles. The van der Waals surface area contributed by atoms with Crippen LogP contribution in [0.3, 0.4) is 0 Å². The molecule has 1 aromatic heterocycles. The maximum atomic E-state index is 12.7. The van der Waals surface area contributed by atoms with Crippen LogP contribution >= 0.6 is 0 Å². The van der Waals surface area contributed by atoms with E-state index in [-0.39, 0.29) is 12.0 Å². The number of likely N-dealkylation sites (tertiary alicyclic amines) is 1. The van der Waals surface area contributed by atoms with Crippen LogP contribution in [0, 0.1) is 17.8 Å². The highest BCUT2D eigenvalue weighted by Crippen LogP contribution is 2.44. The molecule has 1 amide bonds. The van der Waals surface area contributed by atoms with Crippen LogP contribution < -0.4 is 9.47 Å². The molecule has 0 N–H and O–H groups in total. The van der Waals surface area contributed by atoms with E-state index >= 15 is 0 Å². The van der Waals surface area contributed by atoms with Crippen LogP contribution in [-0.4, -0.2) is 47.1 Å². The smallest absolute Gasteiger partial charge is 0.235 e. The lowest BCUT2D eigenvalue weighted by Crippen LogP contribution is -2.37. The van der Waals surface area contributed by atoms with Crippen molar-refractivity contribution in [3.63, 3.8) is 0 Å². The molecule has 1 saturated heterocycles. The number of amides is 1. The van der Waals surface area contributed by atoms with Crippen LogP contribution in [-0.2, 0) is 4.79 Å². The van der Waals surface area contributed by atoms with Crippen molar-refractivity contribution in [3.05, 3.63) is 24.5 Å². The number of methoxy groups -OCH3 is 1. The van der Waals surface area contributed by atoms with Gasteiger partial charge in [0, 0.05) is 18.9 Å². The zero-order valence-electron chi connectivity index (χ0n) is 13.2. The van der Waals surface area contributed by atoms with Crippen LogP contribution in [0.25, 0.3) is 0 Å². The quantitative estimate of drug-likeness (QED) is 0.791. The molecule has 122 valence electrons. The monoisotopic (exact) mass is 315 g/mol. The minimum atomic E-state index is -0.0190. The second kappa shape index (κ2) is 5.83. The summed E-state index contributed by atoms with van der Waals surface area (Å²) in [6.07, 6.45) is 10.6. The maximum absolute atomic E-state index is 12.7. The van der Waals surface area contributed by atoms with Crippen molar-refractivity contribution >= 4 is 5.91 Å². The number of carbonyl (C=O) groups is 1. The highest BCUT2D eigenvalue weighted by Gasteiger charge is 2.42. The Kier molecular flexibility index (Phi) is 3.67. The van der Waals surface area contributed by atoms with E-state index in [1.165, 1.54) is 0 Å². The summed E-state index contributed by atoms with van der Waals surface area (Å²) in [4.78, 5) is 22.9. The molecule has 2 bridgehead atoms. The van der Waals surface area contributed by atoms with Crippen LogP contribution in [0.15, 0.2) is 24.5 Å². The summed E-state index contributed by atoms with van der Waals surface area (Å²) in [5.74, 6) is 2.44. The van der Waals surface area contributed by atoms with Crippen molar-refractivity contribution in [3.8, 4) is 11.8 Å². The molecule has 1 aromatic rings. The predicted octanol–water partition coefficient (Wildman–Crippen LogP) is 1.68. The van der Waals surface area contributed by atoms with E-state index < -0.39 is 0 Å². The molecule has 6 heteroatoms. The largest absolute Gasteiger partial charge is 0.480 e. The summed E-state index contributed by atoms with van der Waals surface area (Å²) in [6.45, 7) is 1.40. The second-order valence-electron chi connectivity index (χ2n) is 6.60. The summed E-state index contributed by atoms with van der Waals surface area (Å²) in [6, 6.07) is 0. The fourth-order valence-electron chi connectivity index (χ4n) is 3.98. The topological polar surface area (TPSA) is 64.6 Å². The molecule has 3 aliphatic rings. The number of aromatic nitrogens is 2. The zero-order chi connectivity index (χ0) is 15.8. The predicted molar refractivity (Wildman–Crippen MR) is 83.0 cm³/mol. The van der Waals surface area contributed by atoms with Gasteiger partial charge in [0.2, 0.25) is 17.7 Å². The van der Waals surface area contributed by atoms with Gasteiger partial charge in [-0.15, -0.1) is 0 Å². The average Bonchev–Trinajstić information content (AvgIpc) is 3.31. The third-order valence-corrected chi connectivity index (χ3v) is 5.14. The van der Waals surface area contributed by atoms with Gasteiger partial charge in [0.05, 0.1) is 26.0 Å². The number of rotatable bonds is 4. The standard InChI is InChI=1S/C17H21N3O3/c1-22-15-8-18-9-16(19-15)23-13-4-5-20(10-13)17(21)14-7-11-2-3-12(14)6-11/h2-3,8-9,11-14H,4-7,10H2,1H3. The molecule has 1 aliphatic heterocycles. The molecule has 0 radical (unpaired) electrons. The molecule has 4 atom stereocenters. The highest BCUT2D eigenvalue weighted by atomic mass is 16.5. The fraction of sp³-hybridized carbons (Fsp3) is 0.588. The van der Waals surface area contributed by atoms with E-state index in [1.54, 1.807) is 19.5 Å². The van der Waals surface area contributed by atoms with Crippen LogP contribution in [0.5, 0.6) is 11.8 Å². The van der Waals surface area contributed by atoms with Gasteiger partial charge in [0.1, 0.15) is 6.10 Å². The van der Waals surface area contributed by atoms with Gasteiger partial charge < -0.3 is 14.4 Å². The molecule has 0 aromatic carbocycles. The third kappa shape index (κ3) is 2.78. The van der Waals surface area contributed by atoms with Crippen LogP contribution in [0.4, 0.5) is 0 Å². The van der Waals surface area contributed by atoms with Gasteiger partial charge in [-0.2, -0.15) is 4.98 Å². The van der Waals surface area contributed by atoms with Crippen molar-refractivity contribution in [1.82, 2.24) is 14.9 Å². The number of carbonyl (C=O) groups excluding carboxylic acids is 1. The molecular formula is C17H21N3O3. The Hall–Kier alpha value is -2.11. The maximum Gasteiger partial charge on any atom is 0.235 e. The summed E-state index contributed by atoms with van der Waals surface area (Å²) in [7, 11) is 1.55. The first-order valence-corrected chi connectivity index (χ1v) is 8.22. The Balaban J connectivity index is 1.35. The van der Waals surface area contributed by atoms with E-state index in [1.807, 2.05) is 4.90 Å². The third-order valence-electron chi connectivity index (χ3n) is 5.14. The number of ether oxygens (including phenoxy) is 2. The Labute approximate surface area is 135 Å². The normalized spacial score (nSPS) is 31.6. The number of fused-ring (bicyclic) bond motifs is 2. The van der Waals surface area contributed by atoms with E-state index in [0.717, 1.165) is 25.8 Å². The molecule has 1 saturated carbocycles. The molecular weight excluding hydrogens is 294 g/mol. The Morgan fingerprint density at radius 1 is 1.26 bits per heavy atom. The SMILES string of the molecule is COc1cncc(OC2CCN(C(=O)C3CC4C=CC3C4)C2)n1. The molecule has 2 fully saturated rings. The molecule has 0 spiro atoms. The van der Waals surface area contributed by atoms with Gasteiger partial charge in [-0.3, -0.25) is 9.78 Å². The van der Waals surface area contributed by atoms with Gasteiger partial charge in [0.25, 0.3) is 0 Å². The number of hydrogen-bond donors (Lipinski definition) is 0. The number of allylic oxidation sites excluding steroid dienone is 2. The Morgan fingerprint density at radius 2 is 2.13 bits per heavy atom. The van der Waals surface area contributed by atoms with Gasteiger partial charge in [-0.05, 0) is 24.7 Å². The molecule has 6 nitrogen and oxygen atoms in total. The molecule has 4 unspecified atom stereocenters. The van der Waals surface area contributed by atoms with E-state index in [2.05, 4.69) is 22.1 Å². The van der Waals surface area contributed by atoms with Gasteiger partial charge in [0.15, 0.2) is 0 Å². The minimum absolute atomic E-state index is 0.0190. The van der Waals surface area contributed by atoms with E-state index in [0.29, 0.717) is 36.0 Å². The summed E-state index contributed by atoms with van der Waals surface area (Å²) in [5.41, 5.74) is 0. The van der Waals surface area contributed by atoms with E-state index in [9.17, 15) is 4.79 Å². The molecule has 2 heterocycles. The Bertz CT molecular complexity index is 633. The summed E-state index contributed by atoms with van der Waals surface area (Å²) < 4.78 is 10.9. The van der Waals surface area contributed by atoms with Crippen LogP contribution in [0.2, 0.25) is 0 Å². The highest BCUT2D eigenvalue weighted by molar-refractivity contribution is 5.80. The minimum Gasteiger partial charge on any atom is -0.480 e.